The van der Waals surface area contributed by atoms with Gasteiger partial charge in [0.2, 0.25) is 17.6 Å². The van der Waals surface area contributed by atoms with Gasteiger partial charge in [0, 0.05) is 37.1 Å². The van der Waals surface area contributed by atoms with Crippen LogP contribution in [0.1, 0.15) is 30.1 Å². The van der Waals surface area contributed by atoms with Crippen LogP contribution >= 0.6 is 11.6 Å². The van der Waals surface area contributed by atoms with Gasteiger partial charge < -0.3 is 26.2 Å². The van der Waals surface area contributed by atoms with Crippen molar-refractivity contribution in [3.05, 3.63) is 28.8 Å². The fourth-order valence-corrected chi connectivity index (χ4v) is 4.28. The maximum Gasteiger partial charge on any atom is 0.289 e. The molecule has 3 atom stereocenters. The lowest BCUT2D eigenvalue weighted by Gasteiger charge is -2.35. The zero-order valence-electron chi connectivity index (χ0n) is 18.7. The molecule has 2 fully saturated rings. The van der Waals surface area contributed by atoms with E-state index < -0.39 is 29.6 Å². The van der Waals surface area contributed by atoms with Gasteiger partial charge >= 0.3 is 0 Å². The fraction of sp³-hybridized carbons (Fsp3) is 0.500. The first-order chi connectivity index (χ1) is 15.6. The van der Waals surface area contributed by atoms with E-state index in [9.17, 15) is 24.0 Å². The number of likely N-dealkylation sites (N-methyl/N-ethyl adjacent to an activating group) is 1. The standard InChI is InChI=1S/C22H28ClN5O5/c1-11-6-12(19(30)25-11)7-17(18(29)22(33)24-2)27-21(32)15-8-14(23)4-5-16(15)26-20(31)13-9-28(3)10-13/h4-5,8,11-13,17H,6-7,9-10H2,1-3H3,(H,24,33)(H,25,30)(H,26,31)(H,27,32)/t11-,12+,17+/m1/s1. The summed E-state index contributed by atoms with van der Waals surface area (Å²) in [6.45, 7) is 3.07. The summed E-state index contributed by atoms with van der Waals surface area (Å²) < 4.78 is 0. The average molecular weight is 478 g/mol. The highest BCUT2D eigenvalue weighted by Gasteiger charge is 2.36. The Balaban J connectivity index is 1.79. The second-order valence-electron chi connectivity index (χ2n) is 8.64. The number of anilines is 1. The van der Waals surface area contributed by atoms with Crippen molar-refractivity contribution >= 4 is 46.7 Å². The van der Waals surface area contributed by atoms with Crippen LogP contribution in [0, 0.1) is 11.8 Å². The van der Waals surface area contributed by atoms with E-state index in [-0.39, 0.29) is 46.5 Å². The molecule has 2 aliphatic rings. The number of nitrogens with zero attached hydrogens (tertiary/aromatic N) is 1. The van der Waals surface area contributed by atoms with Crippen LogP contribution in [0.3, 0.4) is 0 Å². The molecule has 1 aromatic carbocycles. The summed E-state index contributed by atoms with van der Waals surface area (Å²) in [5.74, 6) is -3.58. The molecule has 178 valence electrons. The van der Waals surface area contributed by atoms with Crippen LogP contribution < -0.4 is 21.3 Å². The Morgan fingerprint density at radius 3 is 2.52 bits per heavy atom. The van der Waals surface area contributed by atoms with Crippen molar-refractivity contribution in [3.63, 3.8) is 0 Å². The average Bonchev–Trinajstić information content (AvgIpc) is 3.07. The Kier molecular flexibility index (Phi) is 7.70. The number of ketones is 1. The van der Waals surface area contributed by atoms with Crippen LogP contribution in [0.15, 0.2) is 18.2 Å². The summed E-state index contributed by atoms with van der Waals surface area (Å²) in [5, 5.41) is 10.6. The van der Waals surface area contributed by atoms with E-state index in [0.29, 0.717) is 19.5 Å². The molecule has 0 unspecified atom stereocenters. The molecule has 0 aliphatic carbocycles. The van der Waals surface area contributed by atoms with Crippen molar-refractivity contribution in [2.45, 2.75) is 31.8 Å². The topological polar surface area (TPSA) is 137 Å². The smallest absolute Gasteiger partial charge is 0.289 e. The molecule has 0 spiro atoms. The number of likely N-dealkylation sites (tertiary alicyclic amines) is 1. The second kappa shape index (κ2) is 10.3. The molecule has 4 N–H and O–H groups in total. The molecule has 4 amide bonds. The Morgan fingerprint density at radius 1 is 1.24 bits per heavy atom. The van der Waals surface area contributed by atoms with Gasteiger partial charge in [0.05, 0.1) is 23.2 Å². The van der Waals surface area contributed by atoms with Gasteiger partial charge in [-0.05, 0) is 45.0 Å². The van der Waals surface area contributed by atoms with Gasteiger partial charge in [-0.3, -0.25) is 24.0 Å². The quantitative estimate of drug-likeness (QED) is 0.394. The molecular weight excluding hydrogens is 450 g/mol. The zero-order valence-corrected chi connectivity index (χ0v) is 19.5. The molecule has 1 aromatic rings. The van der Waals surface area contributed by atoms with Crippen molar-refractivity contribution in [2.24, 2.45) is 11.8 Å². The Bertz CT molecular complexity index is 978. The van der Waals surface area contributed by atoms with Crippen molar-refractivity contribution in [3.8, 4) is 0 Å². The molecule has 0 bridgehead atoms. The number of rotatable bonds is 8. The highest BCUT2D eigenvalue weighted by Crippen LogP contribution is 2.25. The number of amides is 4. The molecule has 2 saturated heterocycles. The first kappa shape index (κ1) is 24.7. The lowest BCUT2D eigenvalue weighted by atomic mass is 9.93. The normalized spacial score (nSPS) is 21.5. The summed E-state index contributed by atoms with van der Waals surface area (Å²) in [6, 6.07) is 3.15. The Labute approximate surface area is 196 Å². The minimum Gasteiger partial charge on any atom is -0.353 e. The van der Waals surface area contributed by atoms with Gasteiger partial charge in [0.15, 0.2) is 0 Å². The largest absolute Gasteiger partial charge is 0.353 e. The third-order valence-corrected chi connectivity index (χ3v) is 6.14. The lowest BCUT2D eigenvalue weighted by molar-refractivity contribution is -0.139. The molecule has 0 radical (unpaired) electrons. The number of carbonyl (C=O) groups excluding carboxylic acids is 5. The lowest BCUT2D eigenvalue weighted by Crippen LogP contribution is -2.50. The van der Waals surface area contributed by atoms with E-state index >= 15 is 0 Å². The van der Waals surface area contributed by atoms with E-state index in [1.807, 2.05) is 18.9 Å². The number of hydrogen-bond donors (Lipinski definition) is 4. The number of hydrogen-bond acceptors (Lipinski definition) is 6. The monoisotopic (exact) mass is 477 g/mol. The van der Waals surface area contributed by atoms with Gasteiger partial charge in [-0.15, -0.1) is 0 Å². The number of carbonyl (C=O) groups is 5. The molecule has 0 aromatic heterocycles. The molecular formula is C22H28ClN5O5. The third kappa shape index (κ3) is 5.88. The van der Waals surface area contributed by atoms with Crippen LogP contribution in [0.5, 0.6) is 0 Å². The summed E-state index contributed by atoms with van der Waals surface area (Å²) in [5.41, 5.74) is 0.303. The molecule has 11 heteroatoms. The van der Waals surface area contributed by atoms with E-state index in [1.165, 1.54) is 25.2 Å². The number of halogens is 1. The van der Waals surface area contributed by atoms with Crippen LogP contribution in [0.2, 0.25) is 5.02 Å². The van der Waals surface area contributed by atoms with E-state index in [2.05, 4.69) is 21.3 Å². The minimum atomic E-state index is -1.22. The van der Waals surface area contributed by atoms with Gasteiger partial charge in [-0.25, -0.2) is 0 Å². The molecule has 3 rings (SSSR count). The Hall–Kier alpha value is -2.98. The molecule has 10 nitrogen and oxygen atoms in total. The summed E-state index contributed by atoms with van der Waals surface area (Å²) in [6.07, 6.45) is 0.464. The van der Waals surface area contributed by atoms with E-state index in [0.717, 1.165) is 0 Å². The number of Topliss-reactive ketones (excluding diaryl/α,β-unsaturated/α-hetero) is 1. The van der Waals surface area contributed by atoms with Crippen molar-refractivity contribution in [1.29, 1.82) is 0 Å². The first-order valence-electron chi connectivity index (χ1n) is 10.7. The fourth-order valence-electron chi connectivity index (χ4n) is 4.10. The van der Waals surface area contributed by atoms with Crippen LogP contribution in [-0.4, -0.2) is 73.6 Å². The maximum absolute atomic E-state index is 13.1. The van der Waals surface area contributed by atoms with Crippen LogP contribution in [0.4, 0.5) is 5.69 Å². The third-order valence-electron chi connectivity index (χ3n) is 5.91. The minimum absolute atomic E-state index is 0.0230. The first-order valence-corrected chi connectivity index (χ1v) is 11.1. The summed E-state index contributed by atoms with van der Waals surface area (Å²) in [7, 11) is 3.21. The number of nitrogens with one attached hydrogen (secondary N) is 4. The molecule has 0 saturated carbocycles. The molecule has 2 aliphatic heterocycles. The Morgan fingerprint density at radius 2 is 1.94 bits per heavy atom. The predicted molar refractivity (Wildman–Crippen MR) is 122 cm³/mol. The highest BCUT2D eigenvalue weighted by molar-refractivity contribution is 6.38. The maximum atomic E-state index is 13.1. The highest BCUT2D eigenvalue weighted by atomic mass is 35.5. The van der Waals surface area contributed by atoms with Gasteiger partial charge in [0.25, 0.3) is 11.8 Å². The van der Waals surface area contributed by atoms with Gasteiger partial charge in [-0.1, -0.05) is 11.6 Å². The zero-order chi connectivity index (χ0) is 24.3. The van der Waals surface area contributed by atoms with Gasteiger partial charge in [-0.2, -0.15) is 0 Å². The van der Waals surface area contributed by atoms with Crippen LogP contribution in [0.25, 0.3) is 0 Å². The summed E-state index contributed by atoms with van der Waals surface area (Å²) >= 11 is 6.08. The van der Waals surface area contributed by atoms with E-state index in [1.54, 1.807) is 0 Å². The van der Waals surface area contributed by atoms with E-state index in [4.69, 9.17) is 11.6 Å². The van der Waals surface area contributed by atoms with Crippen molar-refractivity contribution in [2.75, 3.05) is 32.5 Å². The second-order valence-corrected chi connectivity index (χ2v) is 9.08. The van der Waals surface area contributed by atoms with Crippen molar-refractivity contribution in [1.82, 2.24) is 20.9 Å². The SMILES string of the molecule is CNC(=O)C(=O)[C@H](C[C@@H]1C[C@@H](C)NC1=O)NC(=O)c1cc(Cl)ccc1NC(=O)C1CN(C)C1. The summed E-state index contributed by atoms with van der Waals surface area (Å²) in [4.78, 5) is 64.5. The van der Waals surface area contributed by atoms with Gasteiger partial charge in [0.1, 0.15) is 0 Å². The number of benzene rings is 1. The molecule has 33 heavy (non-hydrogen) atoms. The molecule has 2 heterocycles. The van der Waals surface area contributed by atoms with Crippen molar-refractivity contribution < 1.29 is 24.0 Å². The van der Waals surface area contributed by atoms with Crippen LogP contribution in [-0.2, 0) is 19.2 Å². The predicted octanol–water partition coefficient (Wildman–Crippen LogP) is 0.168.